The summed E-state index contributed by atoms with van der Waals surface area (Å²) in [5.74, 6) is 1.53. The number of benzene rings is 1. The van der Waals surface area contributed by atoms with Gasteiger partial charge in [-0.25, -0.2) is 0 Å². The van der Waals surface area contributed by atoms with E-state index in [0.717, 1.165) is 49.8 Å². The number of morpholine rings is 1. The van der Waals surface area contributed by atoms with Crippen molar-refractivity contribution in [3.8, 4) is 0 Å². The molecule has 2 heterocycles. The third-order valence-electron chi connectivity index (χ3n) is 5.30. The van der Waals surface area contributed by atoms with Crippen LogP contribution in [0.15, 0.2) is 24.3 Å². The van der Waals surface area contributed by atoms with E-state index in [4.69, 9.17) is 9.84 Å². The molecule has 0 bridgehead atoms. The molecule has 0 unspecified atom stereocenters. The number of nitrogens with zero attached hydrogens (tertiary/aromatic N) is 4. The average molecular weight is 429 g/mol. The molecule has 1 aromatic heterocycles. The van der Waals surface area contributed by atoms with Crippen LogP contribution >= 0.6 is 0 Å². The molecule has 1 saturated heterocycles. The molecule has 3 rings (SSSR count). The Morgan fingerprint density at radius 1 is 1.23 bits per heavy atom. The van der Waals surface area contributed by atoms with Crippen molar-refractivity contribution in [3.05, 3.63) is 41.1 Å². The number of likely N-dealkylation sites (N-methyl/N-ethyl adjacent to an activating group) is 1. The molecule has 8 heteroatoms. The van der Waals surface area contributed by atoms with E-state index in [0.29, 0.717) is 19.0 Å². The second kappa shape index (κ2) is 10.7. The molecule has 0 aliphatic carbocycles. The Morgan fingerprint density at radius 2 is 1.97 bits per heavy atom. The molecule has 2 aromatic rings. The number of hydrogen-bond acceptors (Lipinski definition) is 6. The lowest BCUT2D eigenvalue weighted by Crippen LogP contribution is -2.38. The van der Waals surface area contributed by atoms with Crippen LogP contribution in [0.4, 0.5) is 11.5 Å². The van der Waals surface area contributed by atoms with Gasteiger partial charge in [0.25, 0.3) is 0 Å². The van der Waals surface area contributed by atoms with Gasteiger partial charge in [0.05, 0.1) is 25.5 Å². The summed E-state index contributed by atoms with van der Waals surface area (Å²) in [6.07, 6.45) is 0. The van der Waals surface area contributed by atoms with Crippen molar-refractivity contribution in [2.45, 2.75) is 32.9 Å². The molecule has 2 N–H and O–H groups in total. The summed E-state index contributed by atoms with van der Waals surface area (Å²) in [6, 6.07) is 8.00. The quantitative estimate of drug-likeness (QED) is 0.638. The fraction of sp³-hybridized carbons (Fsp3) is 0.565. The molecule has 1 amide bonds. The van der Waals surface area contributed by atoms with Gasteiger partial charge in [0, 0.05) is 44.5 Å². The van der Waals surface area contributed by atoms with E-state index in [1.165, 1.54) is 11.4 Å². The monoisotopic (exact) mass is 428 g/mol. The highest BCUT2D eigenvalue weighted by Gasteiger charge is 2.24. The minimum atomic E-state index is -0.0119. The normalized spacial score (nSPS) is 14.5. The van der Waals surface area contributed by atoms with Crippen molar-refractivity contribution in [1.82, 2.24) is 20.0 Å². The Kier molecular flexibility index (Phi) is 8.06. The molecule has 1 aliphatic rings. The van der Waals surface area contributed by atoms with E-state index >= 15 is 0 Å². The van der Waals surface area contributed by atoms with Crippen molar-refractivity contribution < 1.29 is 9.53 Å². The largest absolute Gasteiger partial charge is 0.378 e. The van der Waals surface area contributed by atoms with Gasteiger partial charge >= 0.3 is 0 Å². The lowest BCUT2D eigenvalue weighted by Gasteiger charge is -2.29. The lowest BCUT2D eigenvalue weighted by atomic mass is 10.0. The number of aromatic nitrogens is 2. The van der Waals surface area contributed by atoms with E-state index in [9.17, 15) is 4.79 Å². The number of hydrogen-bond donors (Lipinski definition) is 2. The smallest absolute Gasteiger partial charge is 0.238 e. The molecule has 1 aromatic carbocycles. The van der Waals surface area contributed by atoms with Crippen LogP contribution < -0.4 is 15.5 Å². The third kappa shape index (κ3) is 6.29. The first-order valence-electron chi connectivity index (χ1n) is 11.0. The van der Waals surface area contributed by atoms with Crippen molar-refractivity contribution >= 4 is 17.4 Å². The first-order chi connectivity index (χ1) is 14.8. The first-order valence-corrected chi connectivity index (χ1v) is 11.0. The molecular formula is C23H36N6O2. The van der Waals surface area contributed by atoms with Gasteiger partial charge in [0.15, 0.2) is 0 Å². The summed E-state index contributed by atoms with van der Waals surface area (Å²) in [7, 11) is 5.80. The highest BCUT2D eigenvalue weighted by molar-refractivity contribution is 5.92. The first kappa shape index (κ1) is 23.2. The topological polar surface area (TPSA) is 74.7 Å². The molecule has 170 valence electrons. The van der Waals surface area contributed by atoms with Gasteiger partial charge in [-0.3, -0.25) is 9.48 Å². The van der Waals surface area contributed by atoms with Gasteiger partial charge in [0.1, 0.15) is 5.82 Å². The molecule has 31 heavy (non-hydrogen) atoms. The van der Waals surface area contributed by atoms with Gasteiger partial charge in [-0.2, -0.15) is 5.10 Å². The van der Waals surface area contributed by atoms with Gasteiger partial charge in [-0.15, -0.1) is 0 Å². The number of rotatable bonds is 9. The molecule has 0 radical (unpaired) electrons. The summed E-state index contributed by atoms with van der Waals surface area (Å²) in [5, 5.41) is 11.4. The fourth-order valence-electron chi connectivity index (χ4n) is 3.96. The number of aryl methyl sites for hydroxylation is 1. The van der Waals surface area contributed by atoms with Gasteiger partial charge in [-0.05, 0) is 37.7 Å². The number of nitrogens with one attached hydrogen (secondary N) is 2. The molecular weight excluding hydrogens is 392 g/mol. The third-order valence-corrected chi connectivity index (χ3v) is 5.30. The zero-order valence-electron chi connectivity index (χ0n) is 19.4. The molecule has 8 nitrogen and oxygen atoms in total. The summed E-state index contributed by atoms with van der Waals surface area (Å²) in [5.41, 5.74) is 4.35. The molecule has 0 saturated carbocycles. The minimum Gasteiger partial charge on any atom is -0.378 e. The van der Waals surface area contributed by atoms with E-state index in [-0.39, 0.29) is 5.91 Å². The Bertz CT molecular complexity index is 871. The summed E-state index contributed by atoms with van der Waals surface area (Å²) in [4.78, 5) is 16.3. The van der Waals surface area contributed by atoms with Gasteiger partial charge in [0.2, 0.25) is 5.91 Å². The summed E-state index contributed by atoms with van der Waals surface area (Å²) < 4.78 is 7.55. The maximum absolute atomic E-state index is 12.0. The van der Waals surface area contributed by atoms with Crippen LogP contribution in [0.25, 0.3) is 0 Å². The second-order valence-electron chi connectivity index (χ2n) is 8.66. The predicted molar refractivity (Wildman–Crippen MR) is 124 cm³/mol. The summed E-state index contributed by atoms with van der Waals surface area (Å²) in [6.45, 7) is 9.48. The van der Waals surface area contributed by atoms with Crippen molar-refractivity contribution in [3.63, 3.8) is 0 Å². The number of ether oxygens (including phenoxy) is 1. The van der Waals surface area contributed by atoms with Crippen LogP contribution in [0.1, 0.15) is 36.6 Å². The number of carbonyl (C=O) groups is 1. The van der Waals surface area contributed by atoms with E-state index < -0.39 is 0 Å². The molecule has 1 fully saturated rings. The number of anilines is 2. The van der Waals surface area contributed by atoms with Crippen LogP contribution in [-0.2, 0) is 29.7 Å². The van der Waals surface area contributed by atoms with Crippen LogP contribution in [-0.4, -0.2) is 67.5 Å². The van der Waals surface area contributed by atoms with E-state index in [2.05, 4.69) is 35.4 Å². The Balaban J connectivity index is 1.67. The maximum atomic E-state index is 12.0. The van der Waals surface area contributed by atoms with E-state index in [1.54, 1.807) is 0 Å². The van der Waals surface area contributed by atoms with Crippen LogP contribution in [0.3, 0.4) is 0 Å². The molecule has 0 atom stereocenters. The highest BCUT2D eigenvalue weighted by Crippen LogP contribution is 2.29. The Morgan fingerprint density at radius 3 is 2.65 bits per heavy atom. The second-order valence-corrected chi connectivity index (χ2v) is 8.66. The Labute approximate surface area is 185 Å². The number of amides is 1. The van der Waals surface area contributed by atoms with Gasteiger partial charge in [-0.1, -0.05) is 26.0 Å². The lowest BCUT2D eigenvalue weighted by molar-refractivity contribution is -0.116. The fourth-order valence-corrected chi connectivity index (χ4v) is 3.96. The summed E-state index contributed by atoms with van der Waals surface area (Å²) >= 11 is 0. The zero-order valence-corrected chi connectivity index (χ0v) is 19.4. The average Bonchev–Trinajstić information content (AvgIpc) is 3.05. The Hall–Kier alpha value is -2.42. The zero-order chi connectivity index (χ0) is 22.4. The highest BCUT2D eigenvalue weighted by atomic mass is 16.5. The SMILES string of the molecule is CC(C)c1nn(C)c(N2CCOCC2)c1CNCc1cccc(NC(=O)CN(C)C)c1. The standard InChI is InChI=1S/C23H36N6O2/c1-17(2)22-20(23(28(5)26-22)29-9-11-31-12-10-29)15-24-14-18-7-6-8-19(13-18)25-21(30)16-27(3)4/h6-8,13,17,24H,9-12,14-16H2,1-5H3,(H,25,30). The minimum absolute atomic E-state index is 0.0119. The predicted octanol–water partition coefficient (Wildman–Crippen LogP) is 2.17. The van der Waals surface area contributed by atoms with Crippen LogP contribution in [0, 0.1) is 0 Å². The van der Waals surface area contributed by atoms with Crippen molar-refractivity contribution in [1.29, 1.82) is 0 Å². The maximum Gasteiger partial charge on any atom is 0.238 e. The van der Waals surface area contributed by atoms with Crippen molar-refractivity contribution in [2.75, 3.05) is 57.2 Å². The van der Waals surface area contributed by atoms with Gasteiger partial charge < -0.3 is 25.2 Å². The molecule has 1 aliphatic heterocycles. The van der Waals surface area contributed by atoms with Crippen LogP contribution in [0.2, 0.25) is 0 Å². The van der Waals surface area contributed by atoms with Crippen LogP contribution in [0.5, 0.6) is 0 Å². The van der Waals surface area contributed by atoms with E-state index in [1.807, 2.05) is 48.9 Å². The number of carbonyl (C=O) groups excluding carboxylic acids is 1. The van der Waals surface area contributed by atoms with Crippen molar-refractivity contribution in [2.24, 2.45) is 7.05 Å². The molecule has 0 spiro atoms.